The lowest BCUT2D eigenvalue weighted by Gasteiger charge is -2.33. The second-order valence-corrected chi connectivity index (χ2v) is 8.44. The van der Waals surface area contributed by atoms with Gasteiger partial charge in [0.05, 0.1) is 12.7 Å². The number of nitrogens with one attached hydrogen (secondary N) is 1. The topological polar surface area (TPSA) is 58.6 Å². The summed E-state index contributed by atoms with van der Waals surface area (Å²) in [7, 11) is -3.42. The summed E-state index contributed by atoms with van der Waals surface area (Å²) >= 11 is 1.22. The third-order valence-corrected chi connectivity index (χ3v) is 6.55. The highest BCUT2D eigenvalue weighted by Crippen LogP contribution is 2.16. The lowest BCUT2D eigenvalue weighted by Crippen LogP contribution is -2.47. The normalized spacial score (nSPS) is 19.7. The summed E-state index contributed by atoms with van der Waals surface area (Å²) in [4.78, 5) is 2.29. The minimum atomic E-state index is -3.42. The summed E-state index contributed by atoms with van der Waals surface area (Å²) in [6.07, 6.45) is -0.123. The van der Waals surface area contributed by atoms with E-state index in [1.54, 1.807) is 17.5 Å². The van der Waals surface area contributed by atoms with E-state index in [9.17, 15) is 8.42 Å². The number of ether oxygens (including phenoxy) is 1. The van der Waals surface area contributed by atoms with E-state index in [1.807, 2.05) is 18.2 Å². The third-order valence-electron chi connectivity index (χ3n) is 3.73. The molecule has 3 rings (SSSR count). The Morgan fingerprint density at radius 2 is 2.04 bits per heavy atom. The molecule has 0 radical (unpaired) electrons. The van der Waals surface area contributed by atoms with Crippen molar-refractivity contribution in [3.8, 4) is 0 Å². The molecule has 0 saturated carbocycles. The van der Waals surface area contributed by atoms with E-state index >= 15 is 0 Å². The lowest BCUT2D eigenvalue weighted by molar-refractivity contribution is -0.0276. The molecular weight excluding hydrogens is 332 g/mol. The van der Waals surface area contributed by atoms with Crippen LogP contribution in [0.15, 0.2) is 52.1 Å². The fraction of sp³-hybridized carbons (Fsp3) is 0.375. The molecule has 1 unspecified atom stereocenters. The van der Waals surface area contributed by atoms with Gasteiger partial charge in [0.15, 0.2) is 0 Å². The number of hydrogen-bond donors (Lipinski definition) is 1. The van der Waals surface area contributed by atoms with Gasteiger partial charge >= 0.3 is 0 Å². The minimum absolute atomic E-state index is 0.123. The van der Waals surface area contributed by atoms with Gasteiger partial charge in [-0.1, -0.05) is 36.4 Å². The van der Waals surface area contributed by atoms with Crippen molar-refractivity contribution in [2.45, 2.75) is 16.9 Å². The zero-order valence-electron chi connectivity index (χ0n) is 12.7. The molecule has 0 bridgehead atoms. The van der Waals surface area contributed by atoms with Crippen LogP contribution in [0.2, 0.25) is 0 Å². The highest BCUT2D eigenvalue weighted by Gasteiger charge is 2.23. The Labute approximate surface area is 140 Å². The SMILES string of the molecule is O=S(=O)(NCC1CN(Cc2ccccc2)CCO1)c1cccs1. The van der Waals surface area contributed by atoms with Crippen molar-refractivity contribution in [2.75, 3.05) is 26.2 Å². The molecule has 23 heavy (non-hydrogen) atoms. The summed E-state index contributed by atoms with van der Waals surface area (Å²) in [5.41, 5.74) is 1.26. The quantitative estimate of drug-likeness (QED) is 0.863. The van der Waals surface area contributed by atoms with Gasteiger partial charge in [-0.2, -0.15) is 0 Å². The van der Waals surface area contributed by atoms with Crippen LogP contribution in [0, 0.1) is 0 Å². The van der Waals surface area contributed by atoms with E-state index in [1.165, 1.54) is 16.9 Å². The maximum absolute atomic E-state index is 12.1. The Bertz CT molecular complexity index is 702. The van der Waals surface area contributed by atoms with Crippen LogP contribution in [0.4, 0.5) is 0 Å². The molecule has 1 aromatic heterocycles. The first-order chi connectivity index (χ1) is 11.1. The Balaban J connectivity index is 1.53. The molecule has 1 aliphatic heterocycles. The molecule has 1 aromatic carbocycles. The standard InChI is InChI=1S/C16H20N2O3S2/c19-23(20,16-7-4-10-22-16)17-11-15-13-18(8-9-21-15)12-14-5-2-1-3-6-14/h1-7,10,15,17H,8-9,11-13H2. The molecule has 1 aliphatic rings. The first kappa shape index (κ1) is 16.6. The van der Waals surface area contributed by atoms with Crippen LogP contribution in [-0.4, -0.2) is 45.7 Å². The third kappa shape index (κ3) is 4.62. The highest BCUT2D eigenvalue weighted by molar-refractivity contribution is 7.91. The monoisotopic (exact) mass is 352 g/mol. The van der Waals surface area contributed by atoms with Crippen molar-refractivity contribution in [3.05, 3.63) is 53.4 Å². The molecule has 0 amide bonds. The van der Waals surface area contributed by atoms with E-state index < -0.39 is 10.0 Å². The van der Waals surface area contributed by atoms with E-state index in [2.05, 4.69) is 21.8 Å². The number of nitrogens with zero attached hydrogens (tertiary/aromatic N) is 1. The van der Waals surface area contributed by atoms with E-state index in [0.717, 1.165) is 19.6 Å². The van der Waals surface area contributed by atoms with E-state index in [-0.39, 0.29) is 6.10 Å². The van der Waals surface area contributed by atoms with Crippen LogP contribution in [0.25, 0.3) is 0 Å². The fourth-order valence-corrected chi connectivity index (χ4v) is 4.68. The average molecular weight is 352 g/mol. The maximum Gasteiger partial charge on any atom is 0.250 e. The van der Waals surface area contributed by atoms with Crippen LogP contribution in [0.1, 0.15) is 5.56 Å². The Morgan fingerprint density at radius 3 is 2.78 bits per heavy atom. The average Bonchev–Trinajstić information content (AvgIpc) is 3.10. The number of morpholine rings is 1. The van der Waals surface area contributed by atoms with Gasteiger partial charge < -0.3 is 4.74 Å². The van der Waals surface area contributed by atoms with Crippen LogP contribution in [-0.2, 0) is 21.3 Å². The van der Waals surface area contributed by atoms with Crippen LogP contribution < -0.4 is 4.72 Å². The van der Waals surface area contributed by atoms with Crippen LogP contribution in [0.5, 0.6) is 0 Å². The molecule has 1 fully saturated rings. The fourth-order valence-electron chi connectivity index (χ4n) is 2.58. The zero-order valence-corrected chi connectivity index (χ0v) is 14.4. The Hall–Kier alpha value is -1.25. The van der Waals surface area contributed by atoms with Gasteiger partial charge in [-0.3, -0.25) is 4.90 Å². The number of hydrogen-bond acceptors (Lipinski definition) is 5. The van der Waals surface area contributed by atoms with E-state index in [0.29, 0.717) is 17.4 Å². The smallest absolute Gasteiger partial charge is 0.250 e. The molecule has 1 saturated heterocycles. The molecule has 1 N–H and O–H groups in total. The van der Waals surface area contributed by atoms with Crippen molar-refractivity contribution < 1.29 is 13.2 Å². The second kappa shape index (κ2) is 7.55. The van der Waals surface area contributed by atoms with Crippen molar-refractivity contribution in [3.63, 3.8) is 0 Å². The second-order valence-electron chi connectivity index (χ2n) is 5.50. The molecule has 7 heteroatoms. The number of benzene rings is 1. The molecule has 0 aliphatic carbocycles. The number of sulfonamides is 1. The Morgan fingerprint density at radius 1 is 1.22 bits per heavy atom. The first-order valence-electron chi connectivity index (χ1n) is 7.54. The van der Waals surface area contributed by atoms with Gasteiger partial charge in [0.1, 0.15) is 4.21 Å². The summed E-state index contributed by atoms with van der Waals surface area (Å²) in [6.45, 7) is 3.37. The molecule has 2 aromatic rings. The predicted octanol–water partition coefficient (Wildman–Crippen LogP) is 1.93. The van der Waals surface area contributed by atoms with Crippen molar-refractivity contribution >= 4 is 21.4 Å². The van der Waals surface area contributed by atoms with Crippen molar-refractivity contribution in [1.82, 2.24) is 9.62 Å². The largest absolute Gasteiger partial charge is 0.374 e. The van der Waals surface area contributed by atoms with Gasteiger partial charge in [-0.05, 0) is 17.0 Å². The number of rotatable bonds is 6. The highest BCUT2D eigenvalue weighted by atomic mass is 32.2. The molecule has 5 nitrogen and oxygen atoms in total. The molecule has 2 heterocycles. The number of thiophene rings is 1. The van der Waals surface area contributed by atoms with Gasteiger partial charge in [-0.25, -0.2) is 13.1 Å². The van der Waals surface area contributed by atoms with Gasteiger partial charge in [0, 0.05) is 26.2 Å². The molecule has 124 valence electrons. The van der Waals surface area contributed by atoms with Gasteiger partial charge in [0.25, 0.3) is 0 Å². The zero-order chi connectivity index (χ0) is 16.1. The lowest BCUT2D eigenvalue weighted by atomic mass is 10.2. The van der Waals surface area contributed by atoms with Crippen LogP contribution >= 0.6 is 11.3 Å². The van der Waals surface area contributed by atoms with Gasteiger partial charge in [0.2, 0.25) is 10.0 Å². The summed E-state index contributed by atoms with van der Waals surface area (Å²) in [5.74, 6) is 0. The van der Waals surface area contributed by atoms with Crippen molar-refractivity contribution in [1.29, 1.82) is 0 Å². The molecule has 1 atom stereocenters. The van der Waals surface area contributed by atoms with Crippen molar-refractivity contribution in [2.24, 2.45) is 0 Å². The minimum Gasteiger partial charge on any atom is -0.374 e. The predicted molar refractivity (Wildman–Crippen MR) is 91.0 cm³/mol. The summed E-state index contributed by atoms with van der Waals surface area (Å²) in [6, 6.07) is 13.6. The summed E-state index contributed by atoms with van der Waals surface area (Å²) < 4.78 is 33.0. The molecule has 0 spiro atoms. The maximum atomic E-state index is 12.1. The van der Waals surface area contributed by atoms with Crippen LogP contribution in [0.3, 0.4) is 0 Å². The van der Waals surface area contributed by atoms with Gasteiger partial charge in [-0.15, -0.1) is 11.3 Å². The van der Waals surface area contributed by atoms with E-state index in [4.69, 9.17) is 4.74 Å². The summed E-state index contributed by atoms with van der Waals surface area (Å²) in [5, 5.41) is 1.76. The first-order valence-corrected chi connectivity index (χ1v) is 9.91. The Kier molecular flexibility index (Phi) is 5.45. The molecular formula is C16H20N2O3S2.